The number of ether oxygens (including phenoxy) is 1. The molecule has 0 aliphatic carbocycles. The molecule has 2 saturated heterocycles. The summed E-state index contributed by atoms with van der Waals surface area (Å²) in [6.45, 7) is 5.81. The van der Waals surface area contributed by atoms with Crippen LogP contribution in [-0.4, -0.2) is 58.8 Å². The van der Waals surface area contributed by atoms with Gasteiger partial charge in [0.1, 0.15) is 0 Å². The fraction of sp³-hybridized carbons (Fsp3) is 0.526. The van der Waals surface area contributed by atoms with Gasteiger partial charge in [-0.2, -0.15) is 0 Å². The average molecular weight is 388 g/mol. The third kappa shape index (κ3) is 3.96. The molecule has 1 aromatic carbocycles. The van der Waals surface area contributed by atoms with Gasteiger partial charge in [-0.15, -0.1) is 10.2 Å². The molecule has 4 rings (SSSR count). The number of nitrogens with one attached hydrogen (secondary N) is 1. The van der Waals surface area contributed by atoms with Gasteiger partial charge in [0.15, 0.2) is 5.16 Å². The van der Waals surface area contributed by atoms with Crippen molar-refractivity contribution in [1.29, 1.82) is 0 Å². The highest BCUT2D eigenvalue weighted by Crippen LogP contribution is 2.33. The molecule has 2 aliphatic rings. The summed E-state index contributed by atoms with van der Waals surface area (Å²) in [5.41, 5.74) is 2.21. The fourth-order valence-corrected chi connectivity index (χ4v) is 4.59. The number of anilines is 1. The Kier molecular flexibility index (Phi) is 5.63. The summed E-state index contributed by atoms with van der Waals surface area (Å²) in [5.74, 6) is 0.925. The number of amides is 1. The zero-order chi connectivity index (χ0) is 18.6. The van der Waals surface area contributed by atoms with Gasteiger partial charge in [-0.05, 0) is 31.4 Å². The van der Waals surface area contributed by atoms with Crippen LogP contribution in [0.3, 0.4) is 0 Å². The fourth-order valence-electron chi connectivity index (χ4n) is 3.48. The molecule has 3 heterocycles. The van der Waals surface area contributed by atoms with Gasteiger partial charge in [0.2, 0.25) is 11.9 Å². The van der Waals surface area contributed by atoms with Gasteiger partial charge in [0.25, 0.3) is 0 Å². The second-order valence-electron chi connectivity index (χ2n) is 6.90. The van der Waals surface area contributed by atoms with Crippen LogP contribution in [0, 0.1) is 6.92 Å². The van der Waals surface area contributed by atoms with E-state index in [2.05, 4.69) is 44.0 Å². The molecule has 1 atom stereocenters. The summed E-state index contributed by atoms with van der Waals surface area (Å²) in [4.78, 5) is 14.6. The standard InChI is InChI=1S/C19H25N5O2S/c1-14-6-2-3-7-15(14)24-18(23-10-12-26-13-11-23)21-22-19(24)27-16-8-4-5-9-20-17(16)25/h2-3,6-7,16H,4-5,8-13H2,1H3,(H,20,25). The molecule has 0 bridgehead atoms. The van der Waals surface area contributed by atoms with Gasteiger partial charge in [-0.25, -0.2) is 0 Å². The normalized spacial score (nSPS) is 21.0. The van der Waals surface area contributed by atoms with Crippen molar-refractivity contribution in [3.8, 4) is 5.69 Å². The van der Waals surface area contributed by atoms with Gasteiger partial charge >= 0.3 is 0 Å². The lowest BCUT2D eigenvalue weighted by atomic mass is 10.2. The molecule has 144 valence electrons. The van der Waals surface area contributed by atoms with E-state index in [-0.39, 0.29) is 11.2 Å². The van der Waals surface area contributed by atoms with Crippen molar-refractivity contribution in [1.82, 2.24) is 20.1 Å². The zero-order valence-electron chi connectivity index (χ0n) is 15.6. The van der Waals surface area contributed by atoms with E-state index in [1.54, 1.807) is 0 Å². The monoisotopic (exact) mass is 387 g/mol. The van der Waals surface area contributed by atoms with E-state index < -0.39 is 0 Å². The minimum Gasteiger partial charge on any atom is -0.378 e. The van der Waals surface area contributed by atoms with E-state index in [9.17, 15) is 4.79 Å². The quantitative estimate of drug-likeness (QED) is 0.867. The number of carbonyl (C=O) groups is 1. The Morgan fingerprint density at radius 1 is 1.19 bits per heavy atom. The highest BCUT2D eigenvalue weighted by atomic mass is 32.2. The first-order valence-electron chi connectivity index (χ1n) is 9.52. The van der Waals surface area contributed by atoms with Crippen molar-refractivity contribution in [3.63, 3.8) is 0 Å². The summed E-state index contributed by atoms with van der Waals surface area (Å²) >= 11 is 1.52. The van der Waals surface area contributed by atoms with Crippen LogP contribution in [0.4, 0.5) is 5.95 Å². The van der Waals surface area contributed by atoms with E-state index in [0.29, 0.717) is 13.2 Å². The maximum Gasteiger partial charge on any atom is 0.233 e. The van der Waals surface area contributed by atoms with Crippen molar-refractivity contribution in [2.75, 3.05) is 37.7 Å². The number of hydrogen-bond acceptors (Lipinski definition) is 6. The summed E-state index contributed by atoms with van der Waals surface area (Å²) < 4.78 is 7.59. The Labute approximate surface area is 163 Å². The highest BCUT2D eigenvalue weighted by molar-refractivity contribution is 8.00. The second-order valence-corrected chi connectivity index (χ2v) is 8.07. The van der Waals surface area contributed by atoms with E-state index in [1.807, 2.05) is 12.1 Å². The van der Waals surface area contributed by atoms with E-state index in [0.717, 1.165) is 61.3 Å². The molecule has 0 spiro atoms. The minimum atomic E-state index is -0.128. The first-order chi connectivity index (χ1) is 13.2. The van der Waals surface area contributed by atoms with Crippen LogP contribution in [0.5, 0.6) is 0 Å². The van der Waals surface area contributed by atoms with Crippen LogP contribution < -0.4 is 10.2 Å². The van der Waals surface area contributed by atoms with Gasteiger partial charge in [0.05, 0.1) is 24.2 Å². The van der Waals surface area contributed by atoms with Crippen molar-refractivity contribution in [2.45, 2.75) is 36.6 Å². The molecule has 0 saturated carbocycles. The van der Waals surface area contributed by atoms with Crippen LogP contribution in [0.25, 0.3) is 5.69 Å². The number of morpholine rings is 1. The number of rotatable bonds is 4. The Hall–Kier alpha value is -2.06. The summed E-state index contributed by atoms with van der Waals surface area (Å²) in [6, 6.07) is 8.23. The molecule has 0 radical (unpaired) electrons. The molecular weight excluding hydrogens is 362 g/mol. The molecule has 2 fully saturated rings. The number of aromatic nitrogens is 3. The number of hydrogen-bond donors (Lipinski definition) is 1. The van der Waals surface area contributed by atoms with Crippen molar-refractivity contribution in [2.24, 2.45) is 0 Å². The molecular formula is C19H25N5O2S. The lowest BCUT2D eigenvalue weighted by Crippen LogP contribution is -2.38. The van der Waals surface area contributed by atoms with Crippen LogP contribution in [0.2, 0.25) is 0 Å². The van der Waals surface area contributed by atoms with Crippen molar-refractivity contribution < 1.29 is 9.53 Å². The van der Waals surface area contributed by atoms with Gasteiger partial charge in [0, 0.05) is 19.6 Å². The third-order valence-electron chi connectivity index (χ3n) is 5.00. The Balaban J connectivity index is 1.71. The molecule has 1 amide bonds. The topological polar surface area (TPSA) is 72.3 Å². The molecule has 27 heavy (non-hydrogen) atoms. The van der Waals surface area contributed by atoms with Crippen molar-refractivity contribution in [3.05, 3.63) is 29.8 Å². The van der Waals surface area contributed by atoms with Gasteiger partial charge in [-0.1, -0.05) is 36.4 Å². The lowest BCUT2D eigenvalue weighted by molar-refractivity contribution is -0.120. The van der Waals surface area contributed by atoms with Crippen LogP contribution >= 0.6 is 11.8 Å². The Bertz CT molecular complexity index is 803. The predicted octanol–water partition coefficient (Wildman–Crippen LogP) is 2.17. The second kappa shape index (κ2) is 8.31. The summed E-state index contributed by atoms with van der Waals surface area (Å²) in [5, 5.41) is 12.6. The first-order valence-corrected chi connectivity index (χ1v) is 10.4. The highest BCUT2D eigenvalue weighted by Gasteiger charge is 2.28. The minimum absolute atomic E-state index is 0.102. The zero-order valence-corrected chi connectivity index (χ0v) is 16.4. The number of aryl methyl sites for hydroxylation is 1. The average Bonchev–Trinajstić information content (AvgIpc) is 3.00. The van der Waals surface area contributed by atoms with E-state index in [1.165, 1.54) is 11.8 Å². The Morgan fingerprint density at radius 2 is 2.00 bits per heavy atom. The number of carbonyl (C=O) groups excluding carboxylic acids is 1. The molecule has 2 aliphatic heterocycles. The van der Waals surface area contributed by atoms with E-state index in [4.69, 9.17) is 4.74 Å². The summed E-state index contributed by atoms with van der Waals surface area (Å²) in [6.07, 6.45) is 2.95. The number of benzene rings is 1. The molecule has 1 unspecified atom stereocenters. The van der Waals surface area contributed by atoms with Crippen LogP contribution in [-0.2, 0) is 9.53 Å². The Morgan fingerprint density at radius 3 is 2.81 bits per heavy atom. The van der Waals surface area contributed by atoms with Crippen molar-refractivity contribution >= 4 is 23.6 Å². The molecule has 1 aromatic heterocycles. The molecule has 2 aromatic rings. The summed E-state index contributed by atoms with van der Waals surface area (Å²) in [7, 11) is 0. The smallest absolute Gasteiger partial charge is 0.233 e. The lowest BCUT2D eigenvalue weighted by Gasteiger charge is -2.28. The third-order valence-corrected chi connectivity index (χ3v) is 6.21. The maximum absolute atomic E-state index is 12.4. The maximum atomic E-state index is 12.4. The predicted molar refractivity (Wildman–Crippen MR) is 106 cm³/mol. The van der Waals surface area contributed by atoms with E-state index >= 15 is 0 Å². The number of nitrogens with zero attached hydrogens (tertiary/aromatic N) is 4. The van der Waals surface area contributed by atoms with Gasteiger partial charge in [-0.3, -0.25) is 9.36 Å². The largest absolute Gasteiger partial charge is 0.378 e. The molecule has 1 N–H and O–H groups in total. The van der Waals surface area contributed by atoms with Crippen LogP contribution in [0.15, 0.2) is 29.4 Å². The molecule has 8 heteroatoms. The first kappa shape index (κ1) is 18.3. The number of para-hydroxylation sites is 1. The molecule has 7 nitrogen and oxygen atoms in total. The van der Waals surface area contributed by atoms with Crippen LogP contribution in [0.1, 0.15) is 24.8 Å². The number of thioether (sulfide) groups is 1. The van der Waals surface area contributed by atoms with Gasteiger partial charge < -0.3 is 15.0 Å². The SMILES string of the molecule is Cc1ccccc1-n1c(SC2CCCCNC2=O)nnc1N1CCOCC1.